The third kappa shape index (κ3) is 5.86. The Morgan fingerprint density at radius 3 is 1.84 bits per heavy atom. The van der Waals surface area contributed by atoms with Crippen LogP contribution in [0, 0.1) is 0 Å². The van der Waals surface area contributed by atoms with Crippen LogP contribution in [-0.2, 0) is 5.41 Å². The largest absolute Gasteiger partial charge is 0.456 e. The number of hydrogen-bond acceptors (Lipinski definition) is 2. The third-order valence-corrected chi connectivity index (χ3v) is 14.2. The Kier molecular flexibility index (Phi) is 8.84. The summed E-state index contributed by atoms with van der Waals surface area (Å²) in [6, 6.07) is 62.5. The first-order valence-electron chi connectivity index (χ1n) is 21.8. The van der Waals surface area contributed by atoms with Gasteiger partial charge in [0.1, 0.15) is 50.4 Å². The highest BCUT2D eigenvalue weighted by Gasteiger charge is 2.35. The van der Waals surface area contributed by atoms with Gasteiger partial charge in [-0.2, -0.15) is 0 Å². The topological polar surface area (TPSA) is 16.4 Å². The summed E-state index contributed by atoms with van der Waals surface area (Å²) in [5, 5.41) is 4.71. The molecule has 0 atom stereocenters. The number of nitrogens with zero attached hydrogens (tertiary/aromatic N) is 1. The van der Waals surface area contributed by atoms with Gasteiger partial charge in [0.2, 0.25) is 0 Å². The van der Waals surface area contributed by atoms with Crippen molar-refractivity contribution in [3.05, 3.63) is 181 Å². The first-order valence-corrected chi connectivity index (χ1v) is 21.8. The zero-order chi connectivity index (χ0) is 42.4. The predicted octanol–water partition coefficient (Wildman–Crippen LogP) is 6.81. The van der Waals surface area contributed by atoms with Crippen molar-refractivity contribution < 1.29 is 4.42 Å². The lowest BCUT2D eigenvalue weighted by atomic mass is 9.59. The van der Waals surface area contributed by atoms with Crippen LogP contribution in [0.15, 0.2) is 174 Å². The molecule has 0 fully saturated rings. The van der Waals surface area contributed by atoms with E-state index in [2.05, 4.69) is 228 Å². The standard InChI is InChI=1S/C55H44B5NO/c1-55(2)43-21-10-8-19-38(43)41-27-34(23-24-44(41)55)40-28-35(30-47-48(40)39-20-9-11-22-46(39)62-47)31-15-12-18-37(25-31)61(36-16-4-3-5-17-36)45-29-33-14-7-6-13-32(33)26-42(45)49-50(56)52(58)54(60)53(59)51(49)57/h3-30H,56-60H2,1-2H3. The molecule has 0 unspecified atom stereocenters. The van der Waals surface area contributed by atoms with E-state index in [4.69, 9.17) is 4.42 Å². The molecule has 9 aromatic carbocycles. The van der Waals surface area contributed by atoms with Crippen molar-refractivity contribution in [2.24, 2.45) is 0 Å². The van der Waals surface area contributed by atoms with Gasteiger partial charge in [0.15, 0.2) is 0 Å². The van der Waals surface area contributed by atoms with Gasteiger partial charge < -0.3 is 9.32 Å². The molecule has 1 aliphatic carbocycles. The van der Waals surface area contributed by atoms with Gasteiger partial charge in [0.25, 0.3) is 0 Å². The van der Waals surface area contributed by atoms with E-state index in [1.165, 1.54) is 82.6 Å². The van der Waals surface area contributed by atoms with Crippen molar-refractivity contribution in [1.29, 1.82) is 0 Å². The molecule has 11 rings (SSSR count). The molecule has 0 bridgehead atoms. The van der Waals surface area contributed by atoms with E-state index in [0.717, 1.165) is 50.1 Å². The van der Waals surface area contributed by atoms with E-state index >= 15 is 0 Å². The normalized spacial score (nSPS) is 12.8. The quantitative estimate of drug-likeness (QED) is 0.173. The number of benzene rings is 9. The fraction of sp³-hybridized carbons (Fsp3) is 0.0545. The fourth-order valence-electron chi connectivity index (χ4n) is 10.5. The SMILES string of the molecule is Bc1c(B)c(B)c(-c2cc3ccccc3cc2N(c2ccccc2)c2cccc(-c3cc(-c4ccc5c(c4)-c4ccccc4C5(C)C)c4c(c3)oc3ccccc34)c2)c(B)c1B. The average Bonchev–Trinajstić information content (AvgIpc) is 3.79. The molecule has 290 valence electrons. The maximum Gasteiger partial charge on any atom is 0.139 e. The molecule has 1 aromatic heterocycles. The van der Waals surface area contributed by atoms with Crippen LogP contribution in [0.2, 0.25) is 0 Å². The van der Waals surface area contributed by atoms with Crippen LogP contribution in [-0.4, -0.2) is 39.2 Å². The zero-order valence-electron chi connectivity index (χ0n) is 36.5. The Labute approximate surface area is 368 Å². The molecule has 0 N–H and O–H groups in total. The maximum atomic E-state index is 6.72. The fourth-order valence-corrected chi connectivity index (χ4v) is 10.5. The molecule has 7 heteroatoms. The second kappa shape index (κ2) is 14.4. The minimum absolute atomic E-state index is 0.0611. The molecule has 0 saturated heterocycles. The third-order valence-electron chi connectivity index (χ3n) is 14.2. The highest BCUT2D eigenvalue weighted by molar-refractivity contribution is 6.68. The van der Waals surface area contributed by atoms with Crippen molar-refractivity contribution >= 4 is 116 Å². The van der Waals surface area contributed by atoms with Gasteiger partial charge in [-0.05, 0) is 122 Å². The van der Waals surface area contributed by atoms with Gasteiger partial charge in [-0.3, -0.25) is 0 Å². The van der Waals surface area contributed by atoms with Gasteiger partial charge in [0.05, 0.1) is 5.69 Å². The summed E-state index contributed by atoms with van der Waals surface area (Å²) in [5.41, 5.74) is 24.3. The minimum atomic E-state index is -0.0611. The summed E-state index contributed by atoms with van der Waals surface area (Å²) < 4.78 is 6.72. The summed E-state index contributed by atoms with van der Waals surface area (Å²) in [4.78, 5) is 2.45. The number of fused-ring (bicyclic) bond motifs is 7. The van der Waals surface area contributed by atoms with Crippen molar-refractivity contribution in [3.63, 3.8) is 0 Å². The number of hydrogen-bond donors (Lipinski definition) is 0. The molecule has 0 radical (unpaired) electrons. The summed E-state index contributed by atoms with van der Waals surface area (Å²) in [5.74, 6) is 0. The maximum absolute atomic E-state index is 6.72. The lowest BCUT2D eigenvalue weighted by molar-refractivity contribution is 0.660. The van der Waals surface area contributed by atoms with Gasteiger partial charge in [0, 0.05) is 33.1 Å². The first kappa shape index (κ1) is 38.1. The number of furan rings is 1. The Bertz CT molecular complexity index is 3430. The summed E-state index contributed by atoms with van der Waals surface area (Å²) in [7, 11) is 11.4. The minimum Gasteiger partial charge on any atom is -0.456 e. The monoisotopic (exact) mass is 789 g/mol. The van der Waals surface area contributed by atoms with Crippen LogP contribution in [0.1, 0.15) is 25.0 Å². The van der Waals surface area contributed by atoms with E-state index in [1.54, 1.807) is 0 Å². The molecule has 0 saturated carbocycles. The Balaban J connectivity index is 1.14. The van der Waals surface area contributed by atoms with Crippen LogP contribution in [0.4, 0.5) is 17.1 Å². The number of para-hydroxylation sites is 2. The molecule has 0 aliphatic heterocycles. The lowest BCUT2D eigenvalue weighted by Gasteiger charge is -2.30. The van der Waals surface area contributed by atoms with Crippen molar-refractivity contribution in [3.8, 4) is 44.5 Å². The molecule has 0 spiro atoms. The molecular formula is C55H44B5NO. The van der Waals surface area contributed by atoms with Gasteiger partial charge in [-0.25, -0.2) is 0 Å². The predicted molar refractivity (Wildman–Crippen MR) is 281 cm³/mol. The Morgan fingerprint density at radius 1 is 0.419 bits per heavy atom. The Morgan fingerprint density at radius 2 is 1.05 bits per heavy atom. The smallest absolute Gasteiger partial charge is 0.139 e. The van der Waals surface area contributed by atoms with E-state index in [-0.39, 0.29) is 5.41 Å². The average molecular weight is 789 g/mol. The van der Waals surface area contributed by atoms with Crippen LogP contribution in [0.3, 0.4) is 0 Å². The van der Waals surface area contributed by atoms with Gasteiger partial charge in [-0.15, -0.1) is 16.4 Å². The van der Waals surface area contributed by atoms with E-state index < -0.39 is 0 Å². The van der Waals surface area contributed by atoms with E-state index in [0.29, 0.717) is 0 Å². The first-order chi connectivity index (χ1) is 30.1. The second-order valence-electron chi connectivity index (χ2n) is 17.9. The van der Waals surface area contributed by atoms with Crippen molar-refractivity contribution in [2.75, 3.05) is 4.90 Å². The zero-order valence-corrected chi connectivity index (χ0v) is 36.5. The molecule has 1 heterocycles. The number of anilines is 3. The lowest BCUT2D eigenvalue weighted by Crippen LogP contribution is -2.55. The second-order valence-corrected chi connectivity index (χ2v) is 17.9. The van der Waals surface area contributed by atoms with Gasteiger partial charge >= 0.3 is 0 Å². The van der Waals surface area contributed by atoms with Crippen LogP contribution < -0.4 is 32.2 Å². The van der Waals surface area contributed by atoms with E-state index in [9.17, 15) is 0 Å². The van der Waals surface area contributed by atoms with Crippen molar-refractivity contribution in [2.45, 2.75) is 19.3 Å². The summed E-state index contributed by atoms with van der Waals surface area (Å²) >= 11 is 0. The summed E-state index contributed by atoms with van der Waals surface area (Å²) in [6.45, 7) is 4.69. The molecule has 1 aliphatic rings. The van der Waals surface area contributed by atoms with E-state index in [1.807, 2.05) is 0 Å². The van der Waals surface area contributed by atoms with Crippen molar-refractivity contribution in [1.82, 2.24) is 0 Å². The van der Waals surface area contributed by atoms with Crippen LogP contribution in [0.25, 0.3) is 77.2 Å². The summed E-state index contributed by atoms with van der Waals surface area (Å²) in [6.07, 6.45) is 0. The number of rotatable bonds is 6. The molecular weight excluding hydrogens is 745 g/mol. The molecule has 62 heavy (non-hydrogen) atoms. The highest BCUT2D eigenvalue weighted by Crippen LogP contribution is 2.51. The molecule has 2 nitrogen and oxygen atoms in total. The van der Waals surface area contributed by atoms with Crippen LogP contribution >= 0.6 is 0 Å². The van der Waals surface area contributed by atoms with Gasteiger partial charge in [-0.1, -0.05) is 134 Å². The Hall–Kier alpha value is -6.84. The van der Waals surface area contributed by atoms with Crippen LogP contribution in [0.5, 0.6) is 0 Å². The molecule has 10 aromatic rings. The molecule has 0 amide bonds. The highest BCUT2D eigenvalue weighted by atomic mass is 16.3.